The van der Waals surface area contributed by atoms with Crippen molar-refractivity contribution in [3.8, 4) is 0 Å². The van der Waals surface area contributed by atoms with E-state index in [0.717, 1.165) is 0 Å². The van der Waals surface area contributed by atoms with Gasteiger partial charge in [0.05, 0.1) is 0 Å². The van der Waals surface area contributed by atoms with E-state index in [0.29, 0.717) is 10.0 Å². The Kier molecular flexibility index (Phi) is 9.66. The van der Waals surface area contributed by atoms with Crippen molar-refractivity contribution in [3.05, 3.63) is 34.3 Å². The van der Waals surface area contributed by atoms with Crippen LogP contribution in [0.4, 0.5) is 0 Å². The first-order chi connectivity index (χ1) is 3.80. The number of rotatable bonds is 0. The van der Waals surface area contributed by atoms with Crippen LogP contribution in [0.2, 0.25) is 10.0 Å². The molecule has 50 valence electrons. The molecule has 0 aliphatic carbocycles. The second-order valence-corrected chi connectivity index (χ2v) is 2.12. The van der Waals surface area contributed by atoms with Crippen LogP contribution in [-0.2, 0) is 0 Å². The summed E-state index contributed by atoms with van der Waals surface area (Å²) in [6, 6.07) is 7.96. The average Bonchev–Trinajstić information content (AvgIpc) is 1.77. The molecule has 0 spiro atoms. The van der Waals surface area contributed by atoms with Gasteiger partial charge in [-0.3, -0.25) is 0 Å². The summed E-state index contributed by atoms with van der Waals surface area (Å²) in [5.41, 5.74) is 0. The third-order valence-corrected chi connectivity index (χ3v) is 1.48. The molecule has 0 aliphatic rings. The van der Waals surface area contributed by atoms with Crippen molar-refractivity contribution in [3.63, 3.8) is 0 Å². The quantitative estimate of drug-likeness (QED) is 0.341. The minimum Gasteiger partial charge on any atom is -1.00 e. The van der Waals surface area contributed by atoms with Crippen molar-refractivity contribution >= 4 is 46.3 Å². The Bertz CT molecular complexity index is 172. The van der Waals surface area contributed by atoms with Crippen LogP contribution in [0.25, 0.3) is 0 Å². The number of halogens is 3. The molecule has 0 saturated carbocycles. The van der Waals surface area contributed by atoms with Gasteiger partial charge in [-0.25, -0.2) is 0 Å². The van der Waals surface area contributed by atoms with Crippen molar-refractivity contribution in [2.24, 2.45) is 0 Å². The molecule has 0 bridgehead atoms. The van der Waals surface area contributed by atoms with E-state index in [1.807, 2.05) is 0 Å². The fourth-order valence-electron chi connectivity index (χ4n) is 0.396. The second kappa shape index (κ2) is 6.97. The van der Waals surface area contributed by atoms with Crippen LogP contribution in [0.1, 0.15) is 0 Å². The molecule has 0 N–H and O–H groups in total. The van der Waals surface area contributed by atoms with Gasteiger partial charge in [0.2, 0.25) is 0 Å². The molecule has 0 nitrogen and oxygen atoms in total. The Morgan fingerprint density at radius 2 is 1.90 bits per heavy atom. The summed E-state index contributed by atoms with van der Waals surface area (Å²) in [7, 11) is 0. The van der Waals surface area contributed by atoms with Gasteiger partial charge in [-0.15, -0.1) is 11.6 Å². The van der Waals surface area contributed by atoms with E-state index in [2.05, 4.69) is 6.07 Å². The Hall–Kier alpha value is 1.30. The fraction of sp³-hybridized carbons (Fsp3) is 0. The van der Waals surface area contributed by atoms with Crippen LogP contribution >= 0.6 is 23.2 Å². The van der Waals surface area contributed by atoms with Crippen LogP contribution < -0.4 is 24.0 Å². The predicted molar refractivity (Wildman–Crippen MR) is 41.1 cm³/mol. The molecule has 1 aromatic carbocycles. The van der Waals surface area contributed by atoms with Crippen LogP contribution in [0.5, 0.6) is 0 Å². The van der Waals surface area contributed by atoms with Crippen molar-refractivity contribution in [1.29, 1.82) is 0 Å². The van der Waals surface area contributed by atoms with Crippen molar-refractivity contribution < 1.29 is 24.0 Å². The zero-order chi connectivity index (χ0) is 5.98. The molecular formula is C6H3Cl2IMg. The monoisotopic (exact) mass is 296 g/mol. The van der Waals surface area contributed by atoms with Crippen molar-refractivity contribution in [2.75, 3.05) is 0 Å². The zero-order valence-corrected chi connectivity index (χ0v) is 10.2. The van der Waals surface area contributed by atoms with Gasteiger partial charge >= 0.3 is 23.1 Å². The predicted octanol–water partition coefficient (Wildman–Crippen LogP) is -0.583. The van der Waals surface area contributed by atoms with E-state index in [1.165, 1.54) is 0 Å². The van der Waals surface area contributed by atoms with Gasteiger partial charge in [0.1, 0.15) is 0 Å². The number of hydrogen-bond acceptors (Lipinski definition) is 0. The first-order valence-electron chi connectivity index (χ1n) is 2.12. The zero-order valence-electron chi connectivity index (χ0n) is 5.07. The van der Waals surface area contributed by atoms with Gasteiger partial charge < -0.3 is 24.0 Å². The largest absolute Gasteiger partial charge is 2.00 e. The van der Waals surface area contributed by atoms with E-state index in [9.17, 15) is 0 Å². The standard InChI is InChI=1S/C6H3Cl2.HI.Mg/c7-5-3-1-2-4-6(5)8;;/h1-3H;1H;/q-1;;+2/p-1. The van der Waals surface area contributed by atoms with Gasteiger partial charge in [-0.2, -0.15) is 35.9 Å². The summed E-state index contributed by atoms with van der Waals surface area (Å²) in [5.74, 6) is 0. The normalized spacial score (nSPS) is 7.40. The van der Waals surface area contributed by atoms with E-state index >= 15 is 0 Å². The molecule has 0 aromatic heterocycles. The average molecular weight is 297 g/mol. The Morgan fingerprint density at radius 1 is 1.30 bits per heavy atom. The molecular weight excluding hydrogens is 294 g/mol. The molecule has 1 rings (SSSR count). The molecule has 0 atom stereocenters. The van der Waals surface area contributed by atoms with Crippen molar-refractivity contribution in [1.82, 2.24) is 0 Å². The summed E-state index contributed by atoms with van der Waals surface area (Å²) >= 11 is 11.1. The third kappa shape index (κ3) is 4.23. The summed E-state index contributed by atoms with van der Waals surface area (Å²) in [5, 5.41) is 1.03. The molecule has 0 heterocycles. The first-order valence-corrected chi connectivity index (χ1v) is 2.88. The molecule has 0 fully saturated rings. The van der Waals surface area contributed by atoms with Crippen LogP contribution in [0.3, 0.4) is 0 Å². The van der Waals surface area contributed by atoms with Gasteiger partial charge in [-0.05, 0) is 0 Å². The fourth-order valence-corrected chi connectivity index (χ4v) is 0.649. The SMILES string of the molecule is Clc1[c-]cccc1Cl.[I-].[Mg+2]. The first kappa shape index (κ1) is 13.9. The summed E-state index contributed by atoms with van der Waals surface area (Å²) in [6.45, 7) is 0. The Labute approximate surface area is 103 Å². The number of benzene rings is 1. The molecule has 10 heavy (non-hydrogen) atoms. The van der Waals surface area contributed by atoms with E-state index in [1.54, 1.807) is 18.2 Å². The number of hydrogen-bond donors (Lipinski definition) is 0. The van der Waals surface area contributed by atoms with Crippen molar-refractivity contribution in [2.45, 2.75) is 0 Å². The summed E-state index contributed by atoms with van der Waals surface area (Å²) in [6.07, 6.45) is 0. The molecule has 4 heteroatoms. The minimum absolute atomic E-state index is 0. The third-order valence-electron chi connectivity index (χ3n) is 0.759. The summed E-state index contributed by atoms with van der Waals surface area (Å²) in [4.78, 5) is 0. The van der Waals surface area contributed by atoms with E-state index in [4.69, 9.17) is 23.2 Å². The maximum Gasteiger partial charge on any atom is 2.00 e. The molecule has 0 unspecified atom stereocenters. The smallest absolute Gasteiger partial charge is 1.00 e. The molecule has 0 aliphatic heterocycles. The van der Waals surface area contributed by atoms with Gasteiger partial charge in [0.25, 0.3) is 0 Å². The maximum absolute atomic E-state index is 5.55. The Morgan fingerprint density at radius 3 is 2.20 bits per heavy atom. The molecule has 0 radical (unpaired) electrons. The van der Waals surface area contributed by atoms with E-state index in [-0.39, 0.29) is 47.0 Å². The topological polar surface area (TPSA) is 0 Å². The van der Waals surface area contributed by atoms with Crippen LogP contribution in [0.15, 0.2) is 18.2 Å². The van der Waals surface area contributed by atoms with Gasteiger partial charge in [0, 0.05) is 0 Å². The van der Waals surface area contributed by atoms with E-state index < -0.39 is 0 Å². The maximum atomic E-state index is 5.55. The second-order valence-electron chi connectivity index (χ2n) is 1.33. The van der Waals surface area contributed by atoms with Gasteiger partial charge in [-0.1, -0.05) is 10.0 Å². The van der Waals surface area contributed by atoms with Crippen LogP contribution in [-0.4, -0.2) is 23.1 Å². The Balaban J connectivity index is 0. The minimum atomic E-state index is 0. The molecule has 0 amide bonds. The summed E-state index contributed by atoms with van der Waals surface area (Å²) < 4.78 is 0. The van der Waals surface area contributed by atoms with Crippen LogP contribution in [0, 0.1) is 6.07 Å². The van der Waals surface area contributed by atoms with Gasteiger partial charge in [0.15, 0.2) is 0 Å². The molecule has 1 aromatic rings. The molecule has 0 saturated heterocycles.